The number of benzene rings is 1. The summed E-state index contributed by atoms with van der Waals surface area (Å²) in [5, 5.41) is 26.4. The molecular formula is C16H13ClN4O4S. The van der Waals surface area contributed by atoms with Crippen molar-refractivity contribution in [1.82, 2.24) is 19.9 Å². The van der Waals surface area contributed by atoms with E-state index in [1.807, 2.05) is 19.1 Å². The molecule has 3 N–H and O–H groups in total. The van der Waals surface area contributed by atoms with Gasteiger partial charge in [0.15, 0.2) is 5.65 Å². The number of amides is 1. The molecule has 1 amide bonds. The van der Waals surface area contributed by atoms with Gasteiger partial charge in [-0.25, -0.2) is 9.50 Å². The van der Waals surface area contributed by atoms with E-state index < -0.39 is 18.4 Å². The molecular weight excluding hydrogens is 380 g/mol. The number of aromatic hydroxyl groups is 1. The topological polar surface area (TPSA) is 117 Å². The standard InChI is InChI=1S/C16H13ClN4O4S/c1-8-2-9(17)4-10(3-8)26-12-5-11(22)14(15-19-7-20-21(12)15)16(25)18-6-13(23)24/h2-5,7,22H,6H2,1H3,(H,18,25)(H,23,24). The van der Waals surface area contributed by atoms with Crippen LogP contribution in [0.25, 0.3) is 5.65 Å². The van der Waals surface area contributed by atoms with Crippen LogP contribution in [0.4, 0.5) is 0 Å². The number of aromatic nitrogens is 3. The van der Waals surface area contributed by atoms with E-state index in [9.17, 15) is 14.7 Å². The minimum atomic E-state index is -1.20. The number of pyridine rings is 1. The van der Waals surface area contributed by atoms with Gasteiger partial charge in [-0.05, 0) is 30.7 Å². The molecule has 26 heavy (non-hydrogen) atoms. The number of carbonyl (C=O) groups excluding carboxylic acids is 1. The van der Waals surface area contributed by atoms with E-state index in [1.165, 1.54) is 28.7 Å². The van der Waals surface area contributed by atoms with E-state index in [2.05, 4.69) is 15.4 Å². The van der Waals surface area contributed by atoms with Crippen LogP contribution in [-0.4, -0.2) is 43.2 Å². The van der Waals surface area contributed by atoms with E-state index in [4.69, 9.17) is 16.7 Å². The van der Waals surface area contributed by atoms with Gasteiger partial charge in [-0.1, -0.05) is 23.4 Å². The monoisotopic (exact) mass is 392 g/mol. The van der Waals surface area contributed by atoms with Crippen LogP contribution in [-0.2, 0) is 4.79 Å². The summed E-state index contributed by atoms with van der Waals surface area (Å²) in [7, 11) is 0. The summed E-state index contributed by atoms with van der Waals surface area (Å²) in [6.07, 6.45) is 1.25. The molecule has 0 aliphatic carbocycles. The van der Waals surface area contributed by atoms with Crippen LogP contribution in [0.15, 0.2) is 40.5 Å². The summed E-state index contributed by atoms with van der Waals surface area (Å²) in [6.45, 7) is 1.34. The maximum Gasteiger partial charge on any atom is 0.322 e. The molecule has 2 aromatic heterocycles. The lowest BCUT2D eigenvalue weighted by atomic mass is 10.2. The zero-order chi connectivity index (χ0) is 18.8. The maximum absolute atomic E-state index is 12.2. The summed E-state index contributed by atoms with van der Waals surface area (Å²) in [6, 6.07) is 6.89. The second-order valence-corrected chi connectivity index (χ2v) is 6.91. The van der Waals surface area contributed by atoms with Gasteiger partial charge in [0.2, 0.25) is 0 Å². The van der Waals surface area contributed by atoms with Gasteiger partial charge in [0.25, 0.3) is 5.91 Å². The Bertz CT molecular complexity index is 1000. The normalized spacial score (nSPS) is 10.8. The number of carboxylic acids is 1. The fraction of sp³-hybridized carbons (Fsp3) is 0.125. The fourth-order valence-corrected chi connectivity index (χ4v) is 3.77. The van der Waals surface area contributed by atoms with Gasteiger partial charge < -0.3 is 15.5 Å². The molecule has 0 bridgehead atoms. The quantitative estimate of drug-likeness (QED) is 0.610. The van der Waals surface area contributed by atoms with Crippen molar-refractivity contribution in [3.8, 4) is 5.75 Å². The highest BCUT2D eigenvalue weighted by atomic mass is 35.5. The third kappa shape index (κ3) is 3.73. The number of carboxylic acid groups (broad SMARTS) is 1. The number of hydrogen-bond acceptors (Lipinski definition) is 6. The van der Waals surface area contributed by atoms with Gasteiger partial charge in [0.1, 0.15) is 29.2 Å². The molecule has 0 spiro atoms. The SMILES string of the molecule is Cc1cc(Cl)cc(Sc2cc(O)c(C(=O)NCC(=O)O)c3ncnn23)c1. The average Bonchev–Trinajstić information content (AvgIpc) is 3.01. The first-order valence-electron chi connectivity index (χ1n) is 7.36. The Hall–Kier alpha value is -2.78. The summed E-state index contributed by atoms with van der Waals surface area (Å²) in [4.78, 5) is 27.7. The number of carbonyl (C=O) groups is 2. The first kappa shape index (κ1) is 18.0. The molecule has 0 saturated heterocycles. The minimum Gasteiger partial charge on any atom is -0.507 e. The van der Waals surface area contributed by atoms with Gasteiger partial charge in [-0.15, -0.1) is 0 Å². The van der Waals surface area contributed by atoms with Crippen molar-refractivity contribution in [2.24, 2.45) is 0 Å². The smallest absolute Gasteiger partial charge is 0.322 e. The third-order valence-corrected chi connectivity index (χ3v) is 4.55. The highest BCUT2D eigenvalue weighted by Crippen LogP contribution is 2.34. The Morgan fingerprint density at radius 3 is 2.77 bits per heavy atom. The first-order valence-corrected chi connectivity index (χ1v) is 8.55. The van der Waals surface area contributed by atoms with E-state index in [0.29, 0.717) is 10.0 Å². The lowest BCUT2D eigenvalue weighted by Gasteiger charge is -2.10. The van der Waals surface area contributed by atoms with Crippen molar-refractivity contribution in [2.45, 2.75) is 16.8 Å². The lowest BCUT2D eigenvalue weighted by molar-refractivity contribution is -0.135. The largest absolute Gasteiger partial charge is 0.507 e. The molecule has 3 aromatic rings. The molecule has 8 nitrogen and oxygen atoms in total. The molecule has 0 radical (unpaired) electrons. The van der Waals surface area contributed by atoms with E-state index in [1.54, 1.807) is 6.07 Å². The van der Waals surface area contributed by atoms with Gasteiger partial charge in [0.05, 0.1) is 0 Å². The molecule has 0 aliphatic rings. The van der Waals surface area contributed by atoms with E-state index in [-0.39, 0.29) is 17.0 Å². The summed E-state index contributed by atoms with van der Waals surface area (Å²) >= 11 is 7.37. The second kappa shape index (κ2) is 7.22. The van der Waals surface area contributed by atoms with E-state index in [0.717, 1.165) is 10.5 Å². The van der Waals surface area contributed by atoms with Crippen molar-refractivity contribution in [3.63, 3.8) is 0 Å². The van der Waals surface area contributed by atoms with Crippen LogP contribution < -0.4 is 5.32 Å². The summed E-state index contributed by atoms with van der Waals surface area (Å²) in [5.41, 5.74) is 0.952. The third-order valence-electron chi connectivity index (χ3n) is 3.36. The molecule has 0 saturated carbocycles. The number of aliphatic carboxylic acids is 1. The molecule has 3 rings (SSSR count). The molecule has 1 aromatic carbocycles. The van der Waals surface area contributed by atoms with Crippen LogP contribution in [0.5, 0.6) is 5.75 Å². The number of nitrogens with zero attached hydrogens (tertiary/aromatic N) is 3. The number of halogens is 1. The number of hydrogen-bond donors (Lipinski definition) is 3. The Kier molecular flexibility index (Phi) is 5.01. The number of aryl methyl sites for hydroxylation is 1. The highest BCUT2D eigenvalue weighted by molar-refractivity contribution is 7.99. The van der Waals surface area contributed by atoms with Gasteiger partial charge in [-0.2, -0.15) is 5.10 Å². The van der Waals surface area contributed by atoms with Crippen molar-refractivity contribution >= 4 is 40.9 Å². The van der Waals surface area contributed by atoms with Gasteiger partial charge in [-0.3, -0.25) is 9.59 Å². The van der Waals surface area contributed by atoms with Crippen LogP contribution >= 0.6 is 23.4 Å². The van der Waals surface area contributed by atoms with Crippen molar-refractivity contribution in [2.75, 3.05) is 6.54 Å². The molecule has 10 heteroatoms. The number of nitrogens with one attached hydrogen (secondary N) is 1. The lowest BCUT2D eigenvalue weighted by Crippen LogP contribution is -2.29. The zero-order valence-electron chi connectivity index (χ0n) is 13.4. The molecule has 0 fully saturated rings. The summed E-state index contributed by atoms with van der Waals surface area (Å²) in [5.74, 6) is -2.27. The van der Waals surface area contributed by atoms with E-state index >= 15 is 0 Å². The summed E-state index contributed by atoms with van der Waals surface area (Å²) < 4.78 is 1.40. The minimum absolute atomic E-state index is 0.120. The predicted octanol–water partition coefficient (Wildman–Crippen LogP) is 2.36. The predicted molar refractivity (Wildman–Crippen MR) is 94.9 cm³/mol. The fourth-order valence-electron chi connectivity index (χ4n) is 2.36. The van der Waals surface area contributed by atoms with Gasteiger partial charge in [0, 0.05) is 16.0 Å². The number of rotatable bonds is 5. The molecule has 134 valence electrons. The Morgan fingerprint density at radius 2 is 2.08 bits per heavy atom. The van der Waals surface area contributed by atoms with Crippen molar-refractivity contribution in [1.29, 1.82) is 0 Å². The molecule has 0 atom stereocenters. The Morgan fingerprint density at radius 1 is 1.31 bits per heavy atom. The molecule has 0 unspecified atom stereocenters. The second-order valence-electron chi connectivity index (χ2n) is 5.38. The van der Waals surface area contributed by atoms with Crippen LogP contribution in [0.2, 0.25) is 5.02 Å². The highest BCUT2D eigenvalue weighted by Gasteiger charge is 2.21. The number of fused-ring (bicyclic) bond motifs is 1. The molecule has 2 heterocycles. The maximum atomic E-state index is 12.2. The van der Waals surface area contributed by atoms with Gasteiger partial charge >= 0.3 is 5.97 Å². The Balaban J connectivity index is 2.01. The Labute approximate surface area is 156 Å². The first-order chi connectivity index (χ1) is 12.3. The van der Waals surface area contributed by atoms with Crippen LogP contribution in [0.1, 0.15) is 15.9 Å². The van der Waals surface area contributed by atoms with Crippen LogP contribution in [0, 0.1) is 6.92 Å². The average molecular weight is 393 g/mol. The molecule has 0 aliphatic heterocycles. The van der Waals surface area contributed by atoms with Crippen molar-refractivity contribution in [3.05, 3.63) is 46.7 Å². The van der Waals surface area contributed by atoms with Crippen molar-refractivity contribution < 1.29 is 19.8 Å². The van der Waals surface area contributed by atoms with Crippen LogP contribution in [0.3, 0.4) is 0 Å². The zero-order valence-corrected chi connectivity index (χ0v) is 15.0.